The van der Waals surface area contributed by atoms with E-state index in [9.17, 15) is 13.2 Å². The molecule has 1 amide bonds. The lowest BCUT2D eigenvalue weighted by Gasteiger charge is -2.10. The molecule has 0 atom stereocenters. The van der Waals surface area contributed by atoms with Crippen molar-refractivity contribution in [3.63, 3.8) is 0 Å². The van der Waals surface area contributed by atoms with Crippen molar-refractivity contribution in [1.29, 1.82) is 0 Å². The quantitative estimate of drug-likeness (QED) is 0.460. The van der Waals surface area contributed by atoms with E-state index in [4.69, 9.17) is 25.5 Å². The van der Waals surface area contributed by atoms with E-state index in [0.717, 1.165) is 5.56 Å². The minimum atomic E-state index is -3.75. The van der Waals surface area contributed by atoms with Crippen molar-refractivity contribution in [2.24, 2.45) is 0 Å². The Kier molecular flexibility index (Phi) is 7.99. The standard InChI is InChI=1S/C23H25ClN2O6S/c1-15-19(26-23(32-15)17-5-4-6-18(24)12-17)13-33(28,29)14-22(27)25-10-9-16-7-8-20(30-2)21(11-16)31-3/h4-8,11-12H,9-10,13-14H2,1-3H3,(H,25,27). The van der Waals surface area contributed by atoms with Crippen molar-refractivity contribution >= 4 is 27.3 Å². The zero-order valence-electron chi connectivity index (χ0n) is 18.6. The fourth-order valence-electron chi connectivity index (χ4n) is 3.20. The van der Waals surface area contributed by atoms with Crippen LogP contribution in [0.3, 0.4) is 0 Å². The van der Waals surface area contributed by atoms with Crippen LogP contribution in [-0.4, -0.2) is 45.8 Å². The second kappa shape index (κ2) is 10.7. The minimum Gasteiger partial charge on any atom is -0.493 e. The molecule has 0 radical (unpaired) electrons. The van der Waals surface area contributed by atoms with E-state index in [-0.39, 0.29) is 18.1 Å². The number of aromatic nitrogens is 1. The molecule has 1 aromatic heterocycles. The molecule has 0 aliphatic rings. The maximum atomic E-state index is 12.6. The minimum absolute atomic E-state index is 0.267. The predicted molar refractivity (Wildman–Crippen MR) is 125 cm³/mol. The van der Waals surface area contributed by atoms with Crippen LogP contribution in [-0.2, 0) is 26.8 Å². The zero-order valence-corrected chi connectivity index (χ0v) is 20.1. The van der Waals surface area contributed by atoms with Gasteiger partial charge in [0.25, 0.3) is 0 Å². The molecule has 176 valence electrons. The summed E-state index contributed by atoms with van der Waals surface area (Å²) in [6.45, 7) is 1.92. The maximum Gasteiger partial charge on any atom is 0.235 e. The van der Waals surface area contributed by atoms with Gasteiger partial charge >= 0.3 is 0 Å². The second-order valence-electron chi connectivity index (χ2n) is 7.35. The number of rotatable bonds is 10. The largest absolute Gasteiger partial charge is 0.493 e. The summed E-state index contributed by atoms with van der Waals surface area (Å²) in [7, 11) is -0.648. The number of aryl methyl sites for hydroxylation is 1. The van der Waals surface area contributed by atoms with Gasteiger partial charge in [0.15, 0.2) is 21.3 Å². The van der Waals surface area contributed by atoms with Crippen molar-refractivity contribution < 1.29 is 27.1 Å². The number of hydrogen-bond acceptors (Lipinski definition) is 7. The van der Waals surface area contributed by atoms with E-state index in [2.05, 4.69) is 10.3 Å². The molecule has 0 spiro atoms. The molecule has 8 nitrogen and oxygen atoms in total. The van der Waals surface area contributed by atoms with Crippen LogP contribution < -0.4 is 14.8 Å². The average molecular weight is 493 g/mol. The average Bonchev–Trinajstić information content (AvgIpc) is 3.12. The van der Waals surface area contributed by atoms with Gasteiger partial charge in [-0.3, -0.25) is 4.79 Å². The number of oxazole rings is 1. The van der Waals surface area contributed by atoms with Gasteiger partial charge in [0.2, 0.25) is 11.8 Å². The Labute approximate surface area is 197 Å². The third-order valence-corrected chi connectivity index (χ3v) is 6.51. The Morgan fingerprint density at radius 2 is 1.88 bits per heavy atom. The van der Waals surface area contributed by atoms with Crippen molar-refractivity contribution in [3.8, 4) is 23.0 Å². The molecule has 0 saturated heterocycles. The van der Waals surface area contributed by atoms with Gasteiger partial charge in [-0.25, -0.2) is 13.4 Å². The SMILES string of the molecule is COc1ccc(CCNC(=O)CS(=O)(=O)Cc2nc(-c3cccc(Cl)c3)oc2C)cc1OC. The number of benzene rings is 2. The van der Waals surface area contributed by atoms with E-state index >= 15 is 0 Å². The number of hydrogen-bond donors (Lipinski definition) is 1. The normalized spacial score (nSPS) is 11.3. The first-order valence-corrected chi connectivity index (χ1v) is 12.3. The zero-order chi connectivity index (χ0) is 24.0. The molecular formula is C23H25ClN2O6S. The van der Waals surface area contributed by atoms with Gasteiger partial charge in [-0.1, -0.05) is 23.7 Å². The van der Waals surface area contributed by atoms with Gasteiger partial charge in [-0.15, -0.1) is 0 Å². The Balaban J connectivity index is 1.56. The molecule has 1 heterocycles. The Morgan fingerprint density at radius 1 is 1.12 bits per heavy atom. The summed E-state index contributed by atoms with van der Waals surface area (Å²) >= 11 is 5.99. The van der Waals surface area contributed by atoms with Crippen LogP contribution in [0.2, 0.25) is 5.02 Å². The Bertz CT molecular complexity index is 1240. The molecule has 0 fully saturated rings. The topological polar surface area (TPSA) is 108 Å². The molecule has 3 rings (SSSR count). The second-order valence-corrected chi connectivity index (χ2v) is 9.85. The van der Waals surface area contributed by atoms with E-state index in [1.165, 1.54) is 0 Å². The first kappa shape index (κ1) is 24.6. The summed E-state index contributed by atoms with van der Waals surface area (Å²) in [6, 6.07) is 12.4. The van der Waals surface area contributed by atoms with Gasteiger partial charge in [0.05, 0.1) is 25.7 Å². The van der Waals surface area contributed by atoms with Crippen LogP contribution in [0, 0.1) is 6.92 Å². The predicted octanol–water partition coefficient (Wildman–Crippen LogP) is 3.59. The number of carbonyl (C=O) groups excluding carboxylic acids is 1. The summed E-state index contributed by atoms with van der Waals surface area (Å²) in [5.41, 5.74) is 1.83. The van der Waals surface area contributed by atoms with Gasteiger partial charge in [-0.05, 0) is 49.2 Å². The third-order valence-electron chi connectivity index (χ3n) is 4.86. The third kappa shape index (κ3) is 6.72. The van der Waals surface area contributed by atoms with Crippen molar-refractivity contribution in [2.75, 3.05) is 26.5 Å². The maximum absolute atomic E-state index is 12.6. The number of ether oxygens (including phenoxy) is 2. The number of sulfone groups is 1. The summed E-state index contributed by atoms with van der Waals surface area (Å²) in [5.74, 6) is 0.236. The van der Waals surface area contributed by atoms with Crippen LogP contribution in [0.15, 0.2) is 46.9 Å². The number of nitrogens with zero attached hydrogens (tertiary/aromatic N) is 1. The highest BCUT2D eigenvalue weighted by molar-refractivity contribution is 7.91. The number of carbonyl (C=O) groups is 1. The van der Waals surface area contributed by atoms with E-state index < -0.39 is 27.3 Å². The van der Waals surface area contributed by atoms with E-state index in [1.807, 2.05) is 12.1 Å². The lowest BCUT2D eigenvalue weighted by molar-refractivity contribution is -0.118. The van der Waals surface area contributed by atoms with E-state index in [1.54, 1.807) is 51.5 Å². The highest BCUT2D eigenvalue weighted by Crippen LogP contribution is 2.28. The molecule has 0 aliphatic carbocycles. The van der Waals surface area contributed by atoms with Gasteiger partial charge in [0, 0.05) is 17.1 Å². The first-order valence-electron chi connectivity index (χ1n) is 10.1. The van der Waals surface area contributed by atoms with Crippen LogP contribution >= 0.6 is 11.6 Å². The lowest BCUT2D eigenvalue weighted by atomic mass is 10.1. The first-order chi connectivity index (χ1) is 15.7. The number of nitrogens with one attached hydrogen (secondary N) is 1. The highest BCUT2D eigenvalue weighted by atomic mass is 35.5. The van der Waals surface area contributed by atoms with Crippen molar-refractivity contribution in [1.82, 2.24) is 10.3 Å². The molecule has 0 bridgehead atoms. The Hall–Kier alpha value is -3.04. The lowest BCUT2D eigenvalue weighted by Crippen LogP contribution is -2.32. The smallest absolute Gasteiger partial charge is 0.235 e. The van der Waals surface area contributed by atoms with Gasteiger partial charge in [0.1, 0.15) is 11.5 Å². The van der Waals surface area contributed by atoms with Crippen molar-refractivity contribution in [3.05, 3.63) is 64.5 Å². The molecule has 0 aliphatic heterocycles. The monoisotopic (exact) mass is 492 g/mol. The summed E-state index contributed by atoms with van der Waals surface area (Å²) < 4.78 is 41.2. The number of methoxy groups -OCH3 is 2. The van der Waals surface area contributed by atoms with Gasteiger partial charge < -0.3 is 19.2 Å². The van der Waals surface area contributed by atoms with Crippen LogP contribution in [0.25, 0.3) is 11.5 Å². The molecule has 0 unspecified atom stereocenters. The van der Waals surface area contributed by atoms with Gasteiger partial charge in [-0.2, -0.15) is 0 Å². The fourth-order valence-corrected chi connectivity index (χ4v) is 4.68. The molecule has 33 heavy (non-hydrogen) atoms. The molecule has 2 aromatic carbocycles. The summed E-state index contributed by atoms with van der Waals surface area (Å²) in [5, 5.41) is 3.16. The number of halogens is 1. The Morgan fingerprint density at radius 3 is 2.58 bits per heavy atom. The number of amides is 1. The van der Waals surface area contributed by atoms with Crippen LogP contribution in [0.1, 0.15) is 17.0 Å². The van der Waals surface area contributed by atoms with Crippen LogP contribution in [0.5, 0.6) is 11.5 Å². The van der Waals surface area contributed by atoms with E-state index in [0.29, 0.717) is 34.3 Å². The summed E-state index contributed by atoms with van der Waals surface area (Å²) in [4.78, 5) is 16.5. The molecule has 3 aromatic rings. The molecule has 0 saturated carbocycles. The molecule has 1 N–H and O–H groups in total. The van der Waals surface area contributed by atoms with Crippen molar-refractivity contribution in [2.45, 2.75) is 19.1 Å². The molecular weight excluding hydrogens is 468 g/mol. The highest BCUT2D eigenvalue weighted by Gasteiger charge is 2.22. The fraction of sp³-hybridized carbons (Fsp3) is 0.304. The summed E-state index contributed by atoms with van der Waals surface area (Å²) in [6.07, 6.45) is 0.511. The molecule has 10 heteroatoms. The van der Waals surface area contributed by atoms with Crippen LogP contribution in [0.4, 0.5) is 0 Å².